The number of rotatable bonds is 5. The van der Waals surface area contributed by atoms with Crippen LogP contribution in [0.2, 0.25) is 0 Å². The smallest absolute Gasteiger partial charge is 0.213 e. The summed E-state index contributed by atoms with van der Waals surface area (Å²) in [4.78, 5) is 23.5. The summed E-state index contributed by atoms with van der Waals surface area (Å²) < 4.78 is 13.2. The van der Waals surface area contributed by atoms with E-state index in [9.17, 15) is 0 Å². The van der Waals surface area contributed by atoms with Gasteiger partial charge in [0.05, 0.1) is 30.8 Å². The molecule has 6 rings (SSSR count). The summed E-state index contributed by atoms with van der Waals surface area (Å²) in [7, 11) is 1.60. The van der Waals surface area contributed by atoms with Gasteiger partial charge in [0.2, 0.25) is 5.88 Å². The lowest BCUT2D eigenvalue weighted by molar-refractivity contribution is -0.0298. The van der Waals surface area contributed by atoms with Gasteiger partial charge in [-0.3, -0.25) is 4.57 Å². The second kappa shape index (κ2) is 8.92. The van der Waals surface area contributed by atoms with Crippen molar-refractivity contribution in [2.75, 3.05) is 19.0 Å². The normalized spacial score (nSPS) is 16.0. The predicted molar refractivity (Wildman–Crippen MR) is 134 cm³/mol. The maximum atomic E-state index is 6.02. The molecule has 5 aromatic rings. The first-order valence-corrected chi connectivity index (χ1v) is 11.7. The molecule has 9 heteroatoms. The van der Waals surface area contributed by atoms with Crippen molar-refractivity contribution in [3.05, 3.63) is 60.8 Å². The number of anilines is 2. The fraction of sp³-hybridized carbons (Fsp3) is 0.269. The van der Waals surface area contributed by atoms with E-state index in [4.69, 9.17) is 29.4 Å². The van der Waals surface area contributed by atoms with Crippen LogP contribution in [0.4, 0.5) is 11.5 Å². The molecule has 1 aliphatic rings. The summed E-state index contributed by atoms with van der Waals surface area (Å²) in [5.74, 6) is 1.87. The molecule has 1 aromatic carbocycles. The van der Waals surface area contributed by atoms with Crippen molar-refractivity contribution in [1.82, 2.24) is 29.5 Å². The highest BCUT2D eigenvalue weighted by Gasteiger charge is 2.23. The molecule has 1 atom stereocenters. The molecular formula is C26H25N7O2. The summed E-state index contributed by atoms with van der Waals surface area (Å²) in [6.07, 6.45) is 6.62. The molecule has 35 heavy (non-hydrogen) atoms. The van der Waals surface area contributed by atoms with Crippen LogP contribution >= 0.6 is 0 Å². The largest absolute Gasteiger partial charge is 0.481 e. The van der Waals surface area contributed by atoms with Gasteiger partial charge in [0.15, 0.2) is 5.65 Å². The first-order chi connectivity index (χ1) is 17.2. The van der Waals surface area contributed by atoms with E-state index in [-0.39, 0.29) is 6.23 Å². The van der Waals surface area contributed by atoms with Gasteiger partial charge in [0.1, 0.15) is 29.1 Å². The van der Waals surface area contributed by atoms with Gasteiger partial charge in [-0.05, 0) is 44.4 Å². The number of hydrogen-bond donors (Lipinski definition) is 1. The Hall–Kier alpha value is -4.11. The van der Waals surface area contributed by atoms with E-state index in [0.29, 0.717) is 17.5 Å². The maximum absolute atomic E-state index is 6.02. The van der Waals surface area contributed by atoms with Crippen molar-refractivity contribution in [1.29, 1.82) is 0 Å². The van der Waals surface area contributed by atoms with Crippen molar-refractivity contribution in [3.63, 3.8) is 0 Å². The van der Waals surface area contributed by atoms with Crippen LogP contribution in [0.3, 0.4) is 0 Å². The summed E-state index contributed by atoms with van der Waals surface area (Å²) in [5.41, 5.74) is 4.72. The molecular weight excluding hydrogens is 442 g/mol. The molecule has 1 aliphatic heterocycles. The van der Waals surface area contributed by atoms with Crippen LogP contribution in [0.1, 0.15) is 31.3 Å². The van der Waals surface area contributed by atoms with E-state index >= 15 is 0 Å². The fourth-order valence-electron chi connectivity index (χ4n) is 4.47. The number of hydrogen-bond acceptors (Lipinski definition) is 8. The van der Waals surface area contributed by atoms with Gasteiger partial charge in [-0.25, -0.2) is 24.9 Å². The highest BCUT2D eigenvalue weighted by Crippen LogP contribution is 2.35. The van der Waals surface area contributed by atoms with Crippen molar-refractivity contribution >= 4 is 33.6 Å². The third kappa shape index (κ3) is 4.04. The lowest BCUT2D eigenvalue weighted by Crippen LogP contribution is -2.17. The predicted octanol–water partition coefficient (Wildman–Crippen LogP) is 5.20. The quantitative estimate of drug-likeness (QED) is 0.377. The molecule has 0 radical (unpaired) electrons. The van der Waals surface area contributed by atoms with E-state index in [0.717, 1.165) is 64.9 Å². The number of imidazole rings is 1. The number of nitrogens with one attached hydrogen (secondary N) is 1. The zero-order valence-electron chi connectivity index (χ0n) is 19.6. The standard InChI is InChI=1S/C26H25N7O2/c1-16-29-23(24-26(30-16)33(15-28-24)22-9-5-6-12-35-22)19-13-17-7-3-4-8-20(17)32-25(19)31-18-10-11-21(34-2)27-14-18/h3-4,7-8,10-11,13-15,22H,5-6,9,12H2,1-2H3,(H,31,32). The summed E-state index contributed by atoms with van der Waals surface area (Å²) in [5, 5.41) is 4.43. The van der Waals surface area contributed by atoms with E-state index in [1.165, 1.54) is 0 Å². The summed E-state index contributed by atoms with van der Waals surface area (Å²) in [6.45, 7) is 2.65. The number of ether oxygens (including phenoxy) is 2. The molecule has 0 bridgehead atoms. The van der Waals surface area contributed by atoms with Crippen molar-refractivity contribution in [3.8, 4) is 17.1 Å². The second-order valence-corrected chi connectivity index (χ2v) is 8.56. The van der Waals surface area contributed by atoms with Gasteiger partial charge < -0.3 is 14.8 Å². The monoisotopic (exact) mass is 467 g/mol. The van der Waals surface area contributed by atoms with Crippen LogP contribution in [0.15, 0.2) is 55.0 Å². The Balaban J connectivity index is 1.52. The maximum Gasteiger partial charge on any atom is 0.213 e. The zero-order valence-corrected chi connectivity index (χ0v) is 19.6. The molecule has 1 unspecified atom stereocenters. The first kappa shape index (κ1) is 21.4. The number of methoxy groups -OCH3 is 1. The van der Waals surface area contributed by atoms with E-state index in [2.05, 4.69) is 16.4 Å². The summed E-state index contributed by atoms with van der Waals surface area (Å²) in [6, 6.07) is 13.8. The molecule has 0 saturated carbocycles. The minimum Gasteiger partial charge on any atom is -0.481 e. The van der Waals surface area contributed by atoms with Gasteiger partial charge in [0.25, 0.3) is 0 Å². The number of benzene rings is 1. The lowest BCUT2D eigenvalue weighted by Gasteiger charge is -2.23. The zero-order chi connectivity index (χ0) is 23.8. The number of pyridine rings is 2. The van der Waals surface area contributed by atoms with Crippen LogP contribution in [-0.4, -0.2) is 43.2 Å². The van der Waals surface area contributed by atoms with Gasteiger partial charge >= 0.3 is 0 Å². The molecule has 0 amide bonds. The van der Waals surface area contributed by atoms with Gasteiger partial charge in [-0.2, -0.15) is 0 Å². The number of nitrogens with zero attached hydrogens (tertiary/aromatic N) is 6. The van der Waals surface area contributed by atoms with Crippen molar-refractivity contribution < 1.29 is 9.47 Å². The molecule has 0 aliphatic carbocycles. The third-order valence-corrected chi connectivity index (χ3v) is 6.19. The van der Waals surface area contributed by atoms with Gasteiger partial charge in [-0.15, -0.1) is 0 Å². The Labute approximate surface area is 202 Å². The van der Waals surface area contributed by atoms with Crippen LogP contribution in [-0.2, 0) is 4.74 Å². The molecule has 5 heterocycles. The third-order valence-electron chi connectivity index (χ3n) is 6.19. The Bertz CT molecular complexity index is 1510. The average molecular weight is 468 g/mol. The Morgan fingerprint density at radius 2 is 1.97 bits per heavy atom. The fourth-order valence-corrected chi connectivity index (χ4v) is 4.47. The molecule has 1 fully saturated rings. The van der Waals surface area contributed by atoms with Crippen molar-refractivity contribution in [2.45, 2.75) is 32.4 Å². The molecule has 4 aromatic heterocycles. The highest BCUT2D eigenvalue weighted by molar-refractivity contribution is 5.96. The van der Waals surface area contributed by atoms with Gasteiger partial charge in [0, 0.05) is 23.6 Å². The van der Waals surface area contributed by atoms with Gasteiger partial charge in [-0.1, -0.05) is 18.2 Å². The highest BCUT2D eigenvalue weighted by atomic mass is 16.5. The number of fused-ring (bicyclic) bond motifs is 2. The minimum atomic E-state index is -0.0615. The molecule has 1 N–H and O–H groups in total. The van der Waals surface area contributed by atoms with Crippen LogP contribution in [0, 0.1) is 6.92 Å². The SMILES string of the molecule is COc1ccc(Nc2nc3ccccc3cc2-c2nc(C)nc3c2ncn3C2CCCCO2)cn1. The Kier molecular flexibility index (Phi) is 5.46. The number of aryl methyl sites for hydroxylation is 1. The lowest BCUT2D eigenvalue weighted by atomic mass is 10.1. The van der Waals surface area contributed by atoms with Crippen LogP contribution < -0.4 is 10.1 Å². The van der Waals surface area contributed by atoms with Crippen LogP contribution in [0.25, 0.3) is 33.3 Å². The van der Waals surface area contributed by atoms with E-state index < -0.39 is 0 Å². The first-order valence-electron chi connectivity index (χ1n) is 11.7. The van der Waals surface area contributed by atoms with E-state index in [1.54, 1.807) is 13.3 Å². The topological polar surface area (TPSA) is 99.9 Å². The van der Waals surface area contributed by atoms with Crippen molar-refractivity contribution in [2.24, 2.45) is 0 Å². The second-order valence-electron chi connectivity index (χ2n) is 8.56. The average Bonchev–Trinajstić information content (AvgIpc) is 3.32. The number of aromatic nitrogens is 6. The summed E-state index contributed by atoms with van der Waals surface area (Å²) >= 11 is 0. The van der Waals surface area contributed by atoms with Crippen LogP contribution in [0.5, 0.6) is 5.88 Å². The van der Waals surface area contributed by atoms with E-state index in [1.807, 2.05) is 54.2 Å². The Morgan fingerprint density at radius 3 is 2.77 bits per heavy atom. The molecule has 9 nitrogen and oxygen atoms in total. The molecule has 0 spiro atoms. The Morgan fingerprint density at radius 1 is 1.06 bits per heavy atom. The number of para-hydroxylation sites is 1. The minimum absolute atomic E-state index is 0.0615. The molecule has 176 valence electrons. The molecule has 1 saturated heterocycles.